The van der Waals surface area contributed by atoms with Crippen LogP contribution in [0.15, 0.2) is 24.5 Å². The fourth-order valence-electron chi connectivity index (χ4n) is 1.68. The van der Waals surface area contributed by atoms with E-state index >= 15 is 0 Å². The van der Waals surface area contributed by atoms with Gasteiger partial charge in [0.25, 0.3) is 0 Å². The van der Waals surface area contributed by atoms with Gasteiger partial charge in [0.05, 0.1) is 11.6 Å². The Hall–Kier alpha value is -2.26. The molecule has 0 spiro atoms. The Morgan fingerprint density at radius 2 is 2.32 bits per heavy atom. The molecule has 19 heavy (non-hydrogen) atoms. The Morgan fingerprint density at radius 3 is 2.95 bits per heavy atom. The largest absolute Gasteiger partial charge is 0.312 e. The van der Waals surface area contributed by atoms with E-state index in [2.05, 4.69) is 15.4 Å². The standard InChI is InChI=1S/C13H14FN5/c1-19-9-17-13(18-19)4-5-16-8-11-3-2-10(7-15)6-12(11)14/h2-3,6,9,16H,4-5,8H2,1H3. The first-order valence-corrected chi connectivity index (χ1v) is 5.93. The van der Waals surface area contributed by atoms with Gasteiger partial charge in [-0.3, -0.25) is 4.68 Å². The molecule has 2 rings (SSSR count). The fourth-order valence-corrected chi connectivity index (χ4v) is 1.68. The molecule has 0 saturated carbocycles. The van der Waals surface area contributed by atoms with E-state index in [1.807, 2.05) is 13.1 Å². The van der Waals surface area contributed by atoms with Crippen molar-refractivity contribution in [2.75, 3.05) is 6.54 Å². The Bertz CT molecular complexity index is 599. The number of aryl methyl sites for hydroxylation is 1. The quantitative estimate of drug-likeness (QED) is 0.818. The van der Waals surface area contributed by atoms with E-state index in [0.717, 1.165) is 5.82 Å². The highest BCUT2D eigenvalue weighted by molar-refractivity contribution is 5.32. The maximum absolute atomic E-state index is 13.6. The van der Waals surface area contributed by atoms with Crippen molar-refractivity contribution in [3.63, 3.8) is 0 Å². The van der Waals surface area contributed by atoms with Gasteiger partial charge in [-0.05, 0) is 12.1 Å². The third-order valence-electron chi connectivity index (χ3n) is 2.67. The molecule has 1 heterocycles. The number of nitriles is 1. The van der Waals surface area contributed by atoms with E-state index in [9.17, 15) is 4.39 Å². The van der Waals surface area contributed by atoms with Crippen molar-refractivity contribution in [3.8, 4) is 6.07 Å². The number of nitrogens with zero attached hydrogens (tertiary/aromatic N) is 4. The van der Waals surface area contributed by atoms with Gasteiger partial charge >= 0.3 is 0 Å². The second kappa shape index (κ2) is 6.07. The Balaban J connectivity index is 1.81. The maximum Gasteiger partial charge on any atom is 0.151 e. The third kappa shape index (κ3) is 3.60. The molecule has 0 aliphatic carbocycles. The van der Waals surface area contributed by atoms with Crippen molar-refractivity contribution in [1.29, 1.82) is 5.26 Å². The average Bonchev–Trinajstić information content (AvgIpc) is 2.82. The molecule has 1 aromatic carbocycles. The van der Waals surface area contributed by atoms with E-state index in [-0.39, 0.29) is 5.82 Å². The topological polar surface area (TPSA) is 66.5 Å². The van der Waals surface area contributed by atoms with Crippen molar-refractivity contribution in [2.24, 2.45) is 7.05 Å². The molecule has 1 aromatic heterocycles. The van der Waals surface area contributed by atoms with Crippen molar-refractivity contribution >= 4 is 0 Å². The van der Waals surface area contributed by atoms with Crippen LogP contribution in [0.4, 0.5) is 4.39 Å². The first-order chi connectivity index (χ1) is 9.19. The summed E-state index contributed by atoms with van der Waals surface area (Å²) in [6.07, 6.45) is 2.34. The highest BCUT2D eigenvalue weighted by atomic mass is 19.1. The van der Waals surface area contributed by atoms with Crippen LogP contribution >= 0.6 is 0 Å². The van der Waals surface area contributed by atoms with E-state index in [1.54, 1.807) is 23.1 Å². The number of rotatable bonds is 5. The summed E-state index contributed by atoms with van der Waals surface area (Å²) in [6.45, 7) is 1.09. The predicted octanol–water partition coefficient (Wildman–Crippen LogP) is 1.16. The molecule has 0 aliphatic heterocycles. The van der Waals surface area contributed by atoms with Gasteiger partial charge in [0.1, 0.15) is 12.1 Å². The lowest BCUT2D eigenvalue weighted by molar-refractivity contribution is 0.585. The highest BCUT2D eigenvalue weighted by Crippen LogP contribution is 2.09. The molecular weight excluding hydrogens is 245 g/mol. The van der Waals surface area contributed by atoms with Crippen LogP contribution in [0.2, 0.25) is 0 Å². The van der Waals surface area contributed by atoms with E-state index in [4.69, 9.17) is 5.26 Å². The molecule has 5 nitrogen and oxygen atoms in total. The van der Waals surface area contributed by atoms with E-state index in [0.29, 0.717) is 30.6 Å². The molecule has 0 radical (unpaired) electrons. The molecule has 0 atom stereocenters. The molecule has 0 aliphatic rings. The minimum absolute atomic E-state index is 0.332. The summed E-state index contributed by atoms with van der Waals surface area (Å²) in [6, 6.07) is 6.39. The van der Waals surface area contributed by atoms with Crippen molar-refractivity contribution in [2.45, 2.75) is 13.0 Å². The molecule has 0 unspecified atom stereocenters. The highest BCUT2D eigenvalue weighted by Gasteiger charge is 2.03. The smallest absolute Gasteiger partial charge is 0.151 e. The zero-order chi connectivity index (χ0) is 13.7. The summed E-state index contributed by atoms with van der Waals surface area (Å²) >= 11 is 0. The monoisotopic (exact) mass is 259 g/mol. The van der Waals surface area contributed by atoms with Crippen LogP contribution in [0, 0.1) is 17.1 Å². The lowest BCUT2D eigenvalue weighted by Gasteiger charge is -2.05. The third-order valence-corrected chi connectivity index (χ3v) is 2.67. The normalized spacial score (nSPS) is 10.4. The minimum atomic E-state index is -0.359. The van der Waals surface area contributed by atoms with Gasteiger partial charge in [0.2, 0.25) is 0 Å². The molecule has 0 saturated heterocycles. The van der Waals surface area contributed by atoms with Crippen molar-refractivity contribution in [1.82, 2.24) is 20.1 Å². The molecule has 0 amide bonds. The van der Waals surface area contributed by atoms with Crippen LogP contribution in [0.3, 0.4) is 0 Å². The van der Waals surface area contributed by atoms with Crippen molar-refractivity contribution < 1.29 is 4.39 Å². The van der Waals surface area contributed by atoms with Gasteiger partial charge in [-0.25, -0.2) is 9.37 Å². The second-order valence-electron chi connectivity index (χ2n) is 4.18. The molecular formula is C13H14FN5. The second-order valence-corrected chi connectivity index (χ2v) is 4.18. The SMILES string of the molecule is Cn1cnc(CCNCc2ccc(C#N)cc2F)n1. The summed E-state index contributed by atoms with van der Waals surface area (Å²) in [7, 11) is 1.82. The molecule has 6 heteroatoms. The number of hydrogen-bond donors (Lipinski definition) is 1. The van der Waals surface area contributed by atoms with Crippen LogP contribution in [-0.2, 0) is 20.0 Å². The predicted molar refractivity (Wildman–Crippen MR) is 67.5 cm³/mol. The van der Waals surface area contributed by atoms with Crippen LogP contribution in [0.25, 0.3) is 0 Å². The summed E-state index contributed by atoms with van der Waals surface area (Å²) in [4.78, 5) is 4.10. The average molecular weight is 259 g/mol. The summed E-state index contributed by atoms with van der Waals surface area (Å²) in [5, 5.41) is 15.9. The van der Waals surface area contributed by atoms with E-state index < -0.39 is 0 Å². The first-order valence-electron chi connectivity index (χ1n) is 5.93. The maximum atomic E-state index is 13.6. The summed E-state index contributed by atoms with van der Waals surface area (Å²) in [5.41, 5.74) is 0.881. The molecule has 98 valence electrons. The van der Waals surface area contributed by atoms with Crippen LogP contribution < -0.4 is 5.32 Å². The summed E-state index contributed by atoms with van der Waals surface area (Å²) in [5.74, 6) is 0.401. The molecule has 2 aromatic rings. The van der Waals surface area contributed by atoms with Crippen LogP contribution in [-0.4, -0.2) is 21.3 Å². The first kappa shape index (κ1) is 13.2. The van der Waals surface area contributed by atoms with Gasteiger partial charge in [-0.15, -0.1) is 0 Å². The Kier molecular flexibility index (Phi) is 4.21. The van der Waals surface area contributed by atoms with Crippen LogP contribution in [0.5, 0.6) is 0 Å². The Morgan fingerprint density at radius 1 is 1.47 bits per heavy atom. The van der Waals surface area contributed by atoms with Gasteiger partial charge in [0.15, 0.2) is 5.82 Å². The van der Waals surface area contributed by atoms with Gasteiger partial charge in [0, 0.05) is 32.1 Å². The number of aromatic nitrogens is 3. The zero-order valence-corrected chi connectivity index (χ0v) is 10.6. The Labute approximate surface area is 110 Å². The number of hydrogen-bond acceptors (Lipinski definition) is 4. The zero-order valence-electron chi connectivity index (χ0n) is 10.6. The molecule has 0 bridgehead atoms. The molecule has 1 N–H and O–H groups in total. The summed E-state index contributed by atoms with van der Waals surface area (Å²) < 4.78 is 15.2. The molecule has 0 fully saturated rings. The number of halogens is 1. The van der Waals surface area contributed by atoms with E-state index in [1.165, 1.54) is 6.07 Å². The minimum Gasteiger partial charge on any atom is -0.312 e. The number of benzene rings is 1. The lowest BCUT2D eigenvalue weighted by atomic mass is 10.1. The van der Waals surface area contributed by atoms with Gasteiger partial charge in [-0.2, -0.15) is 10.4 Å². The lowest BCUT2D eigenvalue weighted by Crippen LogP contribution is -2.18. The number of nitrogens with one attached hydrogen (secondary N) is 1. The fraction of sp³-hybridized carbons (Fsp3) is 0.308. The van der Waals surface area contributed by atoms with Crippen LogP contribution in [0.1, 0.15) is 17.0 Å². The van der Waals surface area contributed by atoms with Gasteiger partial charge < -0.3 is 5.32 Å². The van der Waals surface area contributed by atoms with Gasteiger partial charge in [-0.1, -0.05) is 6.07 Å². The van der Waals surface area contributed by atoms with Crippen molar-refractivity contribution in [3.05, 3.63) is 47.3 Å².